The van der Waals surface area contributed by atoms with E-state index in [9.17, 15) is 13.2 Å². The maximum atomic E-state index is 12.5. The number of carbonyl (C=O) groups is 1. The van der Waals surface area contributed by atoms with Crippen molar-refractivity contribution < 1.29 is 13.2 Å². The third kappa shape index (κ3) is 3.98. The predicted octanol–water partition coefficient (Wildman–Crippen LogP) is 3.19. The summed E-state index contributed by atoms with van der Waals surface area (Å²) in [7, 11) is -2.22. The Morgan fingerprint density at radius 2 is 1.71 bits per heavy atom. The quantitative estimate of drug-likeness (QED) is 0.799. The first-order chi connectivity index (χ1) is 11.3. The number of amides is 1. The van der Waals surface area contributed by atoms with E-state index in [4.69, 9.17) is 0 Å². The molecule has 5 nitrogen and oxygen atoms in total. The van der Waals surface area contributed by atoms with E-state index in [1.807, 2.05) is 31.4 Å². The van der Waals surface area contributed by atoms with E-state index in [-0.39, 0.29) is 10.8 Å². The van der Waals surface area contributed by atoms with Gasteiger partial charge in [0, 0.05) is 16.1 Å². The molecule has 2 aromatic carbocycles. The average Bonchev–Trinajstić information content (AvgIpc) is 2.56. The van der Waals surface area contributed by atoms with Crippen LogP contribution in [0.4, 0.5) is 5.69 Å². The number of hydrogen-bond acceptors (Lipinski definition) is 4. The molecular formula is C17H20N2O3S2. The molecule has 7 heteroatoms. The van der Waals surface area contributed by atoms with Crippen LogP contribution < -0.4 is 10.0 Å². The van der Waals surface area contributed by atoms with Gasteiger partial charge in [-0.1, -0.05) is 12.1 Å². The van der Waals surface area contributed by atoms with Gasteiger partial charge in [-0.3, -0.25) is 4.79 Å². The second-order valence-corrected chi connectivity index (χ2v) is 8.06. The number of benzene rings is 2. The fourth-order valence-corrected chi connectivity index (χ4v) is 3.68. The van der Waals surface area contributed by atoms with Crippen LogP contribution in [0.1, 0.15) is 21.5 Å². The highest BCUT2D eigenvalue weighted by molar-refractivity contribution is 7.98. The van der Waals surface area contributed by atoms with E-state index in [0.717, 1.165) is 10.5 Å². The fourth-order valence-electron chi connectivity index (χ4n) is 2.25. The molecule has 0 fully saturated rings. The molecule has 2 rings (SSSR count). The van der Waals surface area contributed by atoms with E-state index in [0.29, 0.717) is 16.8 Å². The number of hydrogen-bond donors (Lipinski definition) is 2. The molecule has 0 aliphatic carbocycles. The molecule has 24 heavy (non-hydrogen) atoms. The Labute approximate surface area is 146 Å². The minimum atomic E-state index is -3.58. The number of anilines is 1. The van der Waals surface area contributed by atoms with E-state index in [2.05, 4.69) is 10.0 Å². The van der Waals surface area contributed by atoms with Crippen molar-refractivity contribution >= 4 is 33.4 Å². The molecule has 2 N–H and O–H groups in total. The van der Waals surface area contributed by atoms with Crippen LogP contribution in [0.25, 0.3) is 0 Å². The molecule has 0 unspecified atom stereocenters. The van der Waals surface area contributed by atoms with Crippen molar-refractivity contribution in [2.24, 2.45) is 0 Å². The Balaban J connectivity index is 2.35. The summed E-state index contributed by atoms with van der Waals surface area (Å²) in [5, 5.41) is 2.77. The maximum Gasteiger partial charge on any atom is 0.255 e. The molecule has 0 saturated heterocycles. The van der Waals surface area contributed by atoms with Gasteiger partial charge in [0.2, 0.25) is 10.0 Å². The van der Waals surface area contributed by atoms with E-state index < -0.39 is 10.0 Å². The molecule has 0 heterocycles. The molecule has 1 amide bonds. The lowest BCUT2D eigenvalue weighted by Crippen LogP contribution is -2.20. The van der Waals surface area contributed by atoms with Crippen molar-refractivity contribution in [3.8, 4) is 0 Å². The summed E-state index contributed by atoms with van der Waals surface area (Å²) in [4.78, 5) is 13.7. The smallest absolute Gasteiger partial charge is 0.255 e. The summed E-state index contributed by atoms with van der Waals surface area (Å²) in [6, 6.07) is 10.5. The Kier molecular flexibility index (Phi) is 5.69. The number of rotatable bonds is 5. The molecule has 0 saturated carbocycles. The van der Waals surface area contributed by atoms with Crippen molar-refractivity contribution in [3.63, 3.8) is 0 Å². The van der Waals surface area contributed by atoms with Crippen LogP contribution in [-0.4, -0.2) is 27.6 Å². The van der Waals surface area contributed by atoms with Crippen LogP contribution in [0.2, 0.25) is 0 Å². The van der Waals surface area contributed by atoms with E-state index in [1.54, 1.807) is 30.8 Å². The van der Waals surface area contributed by atoms with Gasteiger partial charge < -0.3 is 5.32 Å². The van der Waals surface area contributed by atoms with Crippen LogP contribution in [0.15, 0.2) is 46.2 Å². The average molecular weight is 364 g/mol. The molecule has 0 radical (unpaired) electrons. The summed E-state index contributed by atoms with van der Waals surface area (Å²) in [5.74, 6) is -0.264. The first kappa shape index (κ1) is 18.5. The minimum Gasteiger partial charge on any atom is -0.322 e. The topological polar surface area (TPSA) is 75.3 Å². The Morgan fingerprint density at radius 1 is 1.04 bits per heavy atom. The number of nitrogens with one attached hydrogen (secondary N) is 2. The molecular weight excluding hydrogens is 344 g/mol. The SMILES string of the molecule is CNS(=O)(=O)c1cc(NC(=O)c2cc(SC)ccc2C)ccc1C. The highest BCUT2D eigenvalue weighted by Crippen LogP contribution is 2.23. The number of aryl methyl sites for hydroxylation is 2. The maximum absolute atomic E-state index is 12.5. The lowest BCUT2D eigenvalue weighted by atomic mass is 10.1. The van der Waals surface area contributed by atoms with Crippen molar-refractivity contribution in [2.75, 3.05) is 18.6 Å². The van der Waals surface area contributed by atoms with Gasteiger partial charge in [-0.25, -0.2) is 13.1 Å². The summed E-state index contributed by atoms with van der Waals surface area (Å²) in [5.41, 5.74) is 2.48. The van der Waals surface area contributed by atoms with Crippen molar-refractivity contribution in [1.29, 1.82) is 0 Å². The number of thioether (sulfide) groups is 1. The largest absolute Gasteiger partial charge is 0.322 e. The third-order valence-corrected chi connectivity index (χ3v) is 5.98. The monoisotopic (exact) mass is 364 g/mol. The van der Waals surface area contributed by atoms with Crippen LogP contribution >= 0.6 is 11.8 Å². The van der Waals surface area contributed by atoms with Gasteiger partial charge in [-0.2, -0.15) is 0 Å². The molecule has 0 aromatic heterocycles. The molecule has 0 spiro atoms. The summed E-state index contributed by atoms with van der Waals surface area (Å²) in [6.45, 7) is 3.58. The molecule has 2 aromatic rings. The standard InChI is InChI=1S/C17H20N2O3S2/c1-11-6-8-14(23-4)10-15(11)17(20)19-13-7-5-12(2)16(9-13)24(21,22)18-3/h5-10,18H,1-4H3,(H,19,20). The van der Waals surface area contributed by atoms with Crippen molar-refractivity contribution in [2.45, 2.75) is 23.6 Å². The first-order valence-electron chi connectivity index (χ1n) is 7.28. The number of sulfonamides is 1. The molecule has 0 bridgehead atoms. The third-order valence-electron chi connectivity index (χ3n) is 3.69. The van der Waals surface area contributed by atoms with Crippen LogP contribution in [0.3, 0.4) is 0 Å². The van der Waals surface area contributed by atoms with Gasteiger partial charge in [0.1, 0.15) is 0 Å². The van der Waals surface area contributed by atoms with E-state index in [1.165, 1.54) is 13.1 Å². The second kappa shape index (κ2) is 7.38. The lowest BCUT2D eigenvalue weighted by Gasteiger charge is -2.12. The van der Waals surface area contributed by atoms with Gasteiger partial charge in [0.05, 0.1) is 4.90 Å². The van der Waals surface area contributed by atoms with Crippen molar-refractivity contribution in [3.05, 3.63) is 53.1 Å². The van der Waals surface area contributed by atoms with Gasteiger partial charge >= 0.3 is 0 Å². The zero-order valence-electron chi connectivity index (χ0n) is 14.0. The lowest BCUT2D eigenvalue weighted by molar-refractivity contribution is 0.102. The van der Waals surface area contributed by atoms with Crippen LogP contribution in [0.5, 0.6) is 0 Å². The zero-order chi connectivity index (χ0) is 17.9. The summed E-state index contributed by atoms with van der Waals surface area (Å²) in [6.07, 6.45) is 1.95. The molecule has 0 aliphatic rings. The Bertz CT molecular complexity index is 877. The van der Waals surface area contributed by atoms with Crippen LogP contribution in [-0.2, 0) is 10.0 Å². The fraction of sp³-hybridized carbons (Fsp3) is 0.235. The predicted molar refractivity (Wildman–Crippen MR) is 98.3 cm³/mol. The molecule has 0 aliphatic heterocycles. The summed E-state index contributed by atoms with van der Waals surface area (Å²) >= 11 is 1.56. The van der Waals surface area contributed by atoms with Gasteiger partial charge in [0.25, 0.3) is 5.91 Å². The Morgan fingerprint density at radius 3 is 2.33 bits per heavy atom. The van der Waals surface area contributed by atoms with E-state index >= 15 is 0 Å². The number of carbonyl (C=O) groups excluding carboxylic acids is 1. The van der Waals surface area contributed by atoms with Crippen LogP contribution in [0, 0.1) is 13.8 Å². The highest BCUT2D eigenvalue weighted by atomic mass is 32.2. The highest BCUT2D eigenvalue weighted by Gasteiger charge is 2.16. The zero-order valence-corrected chi connectivity index (χ0v) is 15.6. The first-order valence-corrected chi connectivity index (χ1v) is 9.99. The normalized spacial score (nSPS) is 11.3. The van der Waals surface area contributed by atoms with Gasteiger partial charge in [-0.15, -0.1) is 11.8 Å². The second-order valence-electron chi connectivity index (χ2n) is 5.32. The van der Waals surface area contributed by atoms with Crippen molar-refractivity contribution in [1.82, 2.24) is 4.72 Å². The van der Waals surface area contributed by atoms with Gasteiger partial charge in [0.15, 0.2) is 0 Å². The van der Waals surface area contributed by atoms with Gasteiger partial charge in [-0.05, 0) is 62.5 Å². The minimum absolute atomic E-state index is 0.150. The molecule has 128 valence electrons. The Hall–Kier alpha value is -1.83. The molecule has 0 atom stereocenters. The summed E-state index contributed by atoms with van der Waals surface area (Å²) < 4.78 is 26.4.